The van der Waals surface area contributed by atoms with Crippen LogP contribution in [-0.2, 0) is 23.9 Å². The normalized spacial score (nSPS) is 21.6. The zero-order valence-corrected chi connectivity index (χ0v) is 15.2. The Morgan fingerprint density at radius 1 is 1.12 bits per heavy atom. The molecular weight excluding hydrogens is 328 g/mol. The molecule has 0 spiro atoms. The Labute approximate surface area is 148 Å². The molecule has 8 heteroatoms. The van der Waals surface area contributed by atoms with Crippen molar-refractivity contribution in [2.24, 2.45) is 11.8 Å². The Kier molecular flexibility index (Phi) is 9.44. The van der Waals surface area contributed by atoms with Crippen molar-refractivity contribution in [1.29, 1.82) is 0 Å². The van der Waals surface area contributed by atoms with E-state index < -0.39 is 12.0 Å². The van der Waals surface area contributed by atoms with Gasteiger partial charge < -0.3 is 25.2 Å². The average molecular weight is 358 g/mol. The molecule has 0 unspecified atom stereocenters. The minimum absolute atomic E-state index is 0.00153. The van der Waals surface area contributed by atoms with Crippen molar-refractivity contribution in [3.05, 3.63) is 0 Å². The van der Waals surface area contributed by atoms with Crippen LogP contribution in [0.3, 0.4) is 0 Å². The predicted octanol–water partition coefficient (Wildman–Crippen LogP) is 0.550. The molecule has 0 bridgehead atoms. The van der Waals surface area contributed by atoms with Crippen molar-refractivity contribution < 1.29 is 29.0 Å². The number of carboxylic acid groups (broad SMARTS) is 1. The summed E-state index contributed by atoms with van der Waals surface area (Å²) in [4.78, 5) is 35.2. The Morgan fingerprint density at radius 3 is 2.28 bits per heavy atom. The van der Waals surface area contributed by atoms with Gasteiger partial charge in [0.2, 0.25) is 11.8 Å². The Balaban J connectivity index is 2.31. The number of aliphatic carboxylic acids is 1. The van der Waals surface area contributed by atoms with Gasteiger partial charge in [-0.25, -0.2) is 4.79 Å². The number of carboxylic acids is 1. The highest BCUT2D eigenvalue weighted by Gasteiger charge is 2.30. The lowest BCUT2D eigenvalue weighted by atomic mass is 9.85. The van der Waals surface area contributed by atoms with E-state index in [0.717, 1.165) is 0 Å². The molecule has 1 aliphatic rings. The molecule has 0 radical (unpaired) electrons. The molecule has 0 saturated heterocycles. The molecular formula is C17H30N2O6. The summed E-state index contributed by atoms with van der Waals surface area (Å²) in [7, 11) is 1.57. The van der Waals surface area contributed by atoms with E-state index in [1.165, 1.54) is 0 Å². The number of nitrogens with one attached hydrogen (secondary N) is 2. The van der Waals surface area contributed by atoms with Gasteiger partial charge in [-0.1, -0.05) is 13.8 Å². The fraction of sp³-hybridized carbons (Fsp3) is 0.824. The first-order valence-electron chi connectivity index (χ1n) is 8.74. The number of carbonyl (C=O) groups is 3. The highest BCUT2D eigenvalue weighted by Crippen LogP contribution is 2.24. The fourth-order valence-electron chi connectivity index (χ4n) is 2.86. The van der Waals surface area contributed by atoms with Gasteiger partial charge in [-0.15, -0.1) is 0 Å². The molecule has 144 valence electrons. The van der Waals surface area contributed by atoms with Crippen molar-refractivity contribution in [2.45, 2.75) is 51.6 Å². The zero-order chi connectivity index (χ0) is 18.8. The van der Waals surface area contributed by atoms with Crippen LogP contribution < -0.4 is 10.6 Å². The quantitative estimate of drug-likeness (QED) is 0.492. The van der Waals surface area contributed by atoms with Gasteiger partial charge in [0.25, 0.3) is 0 Å². The highest BCUT2D eigenvalue weighted by molar-refractivity contribution is 5.85. The summed E-state index contributed by atoms with van der Waals surface area (Å²) in [5, 5.41) is 14.7. The maximum atomic E-state index is 12.3. The van der Waals surface area contributed by atoms with Crippen LogP contribution in [0, 0.1) is 11.8 Å². The largest absolute Gasteiger partial charge is 0.480 e. The van der Waals surface area contributed by atoms with Crippen molar-refractivity contribution in [3.8, 4) is 0 Å². The second kappa shape index (κ2) is 11.0. The third-order valence-electron chi connectivity index (χ3n) is 4.36. The molecule has 1 rings (SSSR count). The van der Waals surface area contributed by atoms with Gasteiger partial charge >= 0.3 is 5.97 Å². The smallest absolute Gasteiger partial charge is 0.326 e. The first-order valence-corrected chi connectivity index (χ1v) is 8.74. The Hall–Kier alpha value is -1.67. The molecule has 0 heterocycles. The molecule has 1 fully saturated rings. The summed E-state index contributed by atoms with van der Waals surface area (Å²) in [5.41, 5.74) is 0. The van der Waals surface area contributed by atoms with Crippen LogP contribution in [0.1, 0.15) is 39.5 Å². The monoisotopic (exact) mass is 358 g/mol. The van der Waals surface area contributed by atoms with E-state index in [0.29, 0.717) is 38.9 Å². The first-order chi connectivity index (χ1) is 11.8. The minimum Gasteiger partial charge on any atom is -0.480 e. The van der Waals surface area contributed by atoms with Crippen molar-refractivity contribution >= 4 is 17.8 Å². The van der Waals surface area contributed by atoms with Crippen molar-refractivity contribution in [2.75, 3.05) is 26.9 Å². The van der Waals surface area contributed by atoms with Crippen LogP contribution in [0.15, 0.2) is 0 Å². The standard InChI is InChI=1S/C17H30N2O6/c1-11(2)15(17(22)23)19-16(21)12-4-6-13(7-5-12)18-14(20)10-25-9-8-24-3/h11-13,15H,4-10H2,1-3H3,(H,18,20)(H,19,21)(H,22,23)/t12?,13?,15-/m0/s1. The van der Waals surface area contributed by atoms with Gasteiger partial charge in [0.05, 0.1) is 13.2 Å². The van der Waals surface area contributed by atoms with Gasteiger partial charge in [-0.3, -0.25) is 9.59 Å². The van der Waals surface area contributed by atoms with E-state index >= 15 is 0 Å². The van der Waals surface area contributed by atoms with E-state index in [1.807, 2.05) is 0 Å². The van der Waals surface area contributed by atoms with Crippen LogP contribution in [0.4, 0.5) is 0 Å². The van der Waals surface area contributed by atoms with Crippen molar-refractivity contribution in [3.63, 3.8) is 0 Å². The number of amides is 2. The molecule has 0 aromatic rings. The van der Waals surface area contributed by atoms with Crippen LogP contribution in [0.2, 0.25) is 0 Å². The van der Waals surface area contributed by atoms with E-state index in [4.69, 9.17) is 14.6 Å². The second-order valence-electron chi connectivity index (χ2n) is 6.73. The van der Waals surface area contributed by atoms with E-state index in [9.17, 15) is 14.4 Å². The number of methoxy groups -OCH3 is 1. The summed E-state index contributed by atoms with van der Waals surface area (Å²) in [6.07, 6.45) is 2.65. The lowest BCUT2D eigenvalue weighted by Gasteiger charge is -2.29. The van der Waals surface area contributed by atoms with Crippen LogP contribution in [0.5, 0.6) is 0 Å². The molecule has 25 heavy (non-hydrogen) atoms. The lowest BCUT2D eigenvalue weighted by molar-refractivity contribution is -0.144. The van der Waals surface area contributed by atoms with Gasteiger partial charge in [0.1, 0.15) is 12.6 Å². The molecule has 0 aromatic heterocycles. The zero-order valence-electron chi connectivity index (χ0n) is 15.2. The molecule has 1 saturated carbocycles. The SMILES string of the molecule is COCCOCC(=O)NC1CCC(C(=O)N[C@H](C(=O)O)C(C)C)CC1. The van der Waals surface area contributed by atoms with Crippen LogP contribution in [-0.4, -0.2) is 61.9 Å². The third kappa shape index (κ3) is 7.83. The average Bonchev–Trinajstić information content (AvgIpc) is 2.56. The van der Waals surface area contributed by atoms with Crippen molar-refractivity contribution in [1.82, 2.24) is 10.6 Å². The number of hydrogen-bond donors (Lipinski definition) is 3. The molecule has 8 nitrogen and oxygen atoms in total. The minimum atomic E-state index is -1.02. The van der Waals surface area contributed by atoms with E-state index in [2.05, 4.69) is 10.6 Å². The summed E-state index contributed by atoms with van der Waals surface area (Å²) in [5.74, 6) is -1.77. The molecule has 1 aliphatic carbocycles. The summed E-state index contributed by atoms with van der Waals surface area (Å²) in [6, 6.07) is -0.836. The molecule has 3 N–H and O–H groups in total. The summed E-state index contributed by atoms with van der Waals surface area (Å²) < 4.78 is 10.0. The Morgan fingerprint density at radius 2 is 1.76 bits per heavy atom. The summed E-state index contributed by atoms with van der Waals surface area (Å²) in [6.45, 7) is 4.34. The predicted molar refractivity (Wildman–Crippen MR) is 91.0 cm³/mol. The number of hydrogen-bond acceptors (Lipinski definition) is 5. The van der Waals surface area contributed by atoms with Gasteiger partial charge in [0.15, 0.2) is 0 Å². The second-order valence-corrected chi connectivity index (χ2v) is 6.73. The first kappa shape index (κ1) is 21.4. The third-order valence-corrected chi connectivity index (χ3v) is 4.36. The number of carbonyl (C=O) groups excluding carboxylic acids is 2. The highest BCUT2D eigenvalue weighted by atomic mass is 16.5. The van der Waals surface area contributed by atoms with E-state index in [-0.39, 0.29) is 36.3 Å². The van der Waals surface area contributed by atoms with Crippen LogP contribution >= 0.6 is 0 Å². The molecule has 1 atom stereocenters. The van der Waals surface area contributed by atoms with Gasteiger partial charge in [-0.2, -0.15) is 0 Å². The lowest BCUT2D eigenvalue weighted by Crippen LogP contribution is -2.48. The molecule has 0 aliphatic heterocycles. The van der Waals surface area contributed by atoms with Crippen LogP contribution in [0.25, 0.3) is 0 Å². The maximum absolute atomic E-state index is 12.3. The molecule has 0 aromatic carbocycles. The summed E-state index contributed by atoms with van der Waals surface area (Å²) >= 11 is 0. The van der Waals surface area contributed by atoms with Gasteiger partial charge in [0, 0.05) is 19.1 Å². The topological polar surface area (TPSA) is 114 Å². The van der Waals surface area contributed by atoms with E-state index in [1.54, 1.807) is 21.0 Å². The molecule has 2 amide bonds. The Bertz CT molecular complexity index is 446. The fourth-order valence-corrected chi connectivity index (χ4v) is 2.86. The maximum Gasteiger partial charge on any atom is 0.326 e. The van der Waals surface area contributed by atoms with Gasteiger partial charge in [-0.05, 0) is 31.6 Å². The number of rotatable bonds is 10. The number of ether oxygens (including phenoxy) is 2.